The fraction of sp³-hybridized carbons (Fsp3) is 0.286. The molecule has 0 bridgehead atoms. The van der Waals surface area contributed by atoms with Crippen molar-refractivity contribution in [3.63, 3.8) is 0 Å². The molecular weight excluding hydrogens is 196 g/mol. The molecule has 3 heteroatoms. The van der Waals surface area contributed by atoms with Crippen LogP contribution in [0, 0.1) is 11.8 Å². The van der Waals surface area contributed by atoms with Gasteiger partial charge in [-0.2, -0.15) is 0 Å². The Bertz CT molecular complexity index is 197. The van der Waals surface area contributed by atoms with E-state index in [-0.39, 0.29) is 0 Å². The van der Waals surface area contributed by atoms with Crippen molar-refractivity contribution >= 4 is 21.9 Å². The summed E-state index contributed by atoms with van der Waals surface area (Å²) in [7, 11) is 0. The molecule has 54 valence electrons. The largest absolute Gasteiger partial charge is 0.472 e. The summed E-state index contributed by atoms with van der Waals surface area (Å²) in [5, 5.41) is 8.07. The van der Waals surface area contributed by atoms with Gasteiger partial charge in [0.1, 0.15) is 0 Å². The maximum absolute atomic E-state index is 9.84. The number of allylic oxidation sites excluding steroid dienone is 1. The van der Waals surface area contributed by atoms with Gasteiger partial charge in [-0.3, -0.25) is 0 Å². The minimum Gasteiger partial charge on any atom is -0.472 e. The number of halogens is 1. The first-order valence-corrected chi connectivity index (χ1v) is 3.47. The minimum absolute atomic E-state index is 0.538. The van der Waals surface area contributed by atoms with Crippen molar-refractivity contribution in [2.24, 2.45) is 0 Å². The normalized spacial score (nSPS) is 7.70. The van der Waals surface area contributed by atoms with E-state index in [1.807, 2.05) is 5.92 Å². The van der Waals surface area contributed by atoms with Crippen molar-refractivity contribution in [3.8, 4) is 11.8 Å². The van der Waals surface area contributed by atoms with Crippen LogP contribution in [-0.2, 0) is 4.79 Å². The van der Waals surface area contributed by atoms with Gasteiger partial charge in [0, 0.05) is 12.3 Å². The van der Waals surface area contributed by atoms with Gasteiger partial charge in [-0.1, -0.05) is 28.4 Å². The highest BCUT2D eigenvalue weighted by molar-refractivity contribution is 9.11. The van der Waals surface area contributed by atoms with E-state index in [2.05, 4.69) is 28.4 Å². The molecule has 10 heavy (non-hydrogen) atoms. The third-order valence-electron chi connectivity index (χ3n) is 0.717. The number of carbonyl (C=O) groups is 1. The first-order valence-electron chi connectivity index (χ1n) is 2.68. The quantitative estimate of drug-likeness (QED) is 0.694. The van der Waals surface area contributed by atoms with Crippen molar-refractivity contribution in [2.75, 3.05) is 0 Å². The summed E-state index contributed by atoms with van der Waals surface area (Å²) in [5.41, 5.74) is 0. The Balaban J connectivity index is 3.48. The SMILES string of the molecule is C=C(Br)CCC#CC(=O)O. The molecule has 0 aliphatic heterocycles. The zero-order chi connectivity index (χ0) is 7.98. The fourth-order valence-electron chi connectivity index (χ4n) is 0.336. The first kappa shape index (κ1) is 9.25. The van der Waals surface area contributed by atoms with Crippen LogP contribution in [0.5, 0.6) is 0 Å². The molecule has 0 aliphatic carbocycles. The molecule has 0 unspecified atom stereocenters. The third kappa shape index (κ3) is 7.25. The third-order valence-corrected chi connectivity index (χ3v) is 1.11. The highest BCUT2D eigenvalue weighted by Gasteiger charge is 1.85. The van der Waals surface area contributed by atoms with Crippen molar-refractivity contribution < 1.29 is 9.90 Å². The van der Waals surface area contributed by atoms with Crippen LogP contribution in [0.3, 0.4) is 0 Å². The molecule has 0 aromatic carbocycles. The molecular formula is C7H7BrO2. The topological polar surface area (TPSA) is 37.3 Å². The molecule has 0 rings (SSSR count). The fourth-order valence-corrected chi connectivity index (χ4v) is 0.534. The summed E-state index contributed by atoms with van der Waals surface area (Å²) in [6, 6.07) is 0. The lowest BCUT2D eigenvalue weighted by molar-refractivity contribution is -0.130. The smallest absolute Gasteiger partial charge is 0.381 e. The van der Waals surface area contributed by atoms with E-state index in [0.29, 0.717) is 12.8 Å². The van der Waals surface area contributed by atoms with Gasteiger partial charge in [-0.15, -0.1) is 0 Å². The molecule has 0 saturated carbocycles. The Morgan fingerprint density at radius 1 is 1.70 bits per heavy atom. The van der Waals surface area contributed by atoms with Crippen molar-refractivity contribution in [1.29, 1.82) is 0 Å². The monoisotopic (exact) mass is 202 g/mol. The molecule has 0 heterocycles. The lowest BCUT2D eigenvalue weighted by Gasteiger charge is -1.85. The molecule has 0 saturated heterocycles. The van der Waals surface area contributed by atoms with Crippen LogP contribution in [0.4, 0.5) is 0 Å². The van der Waals surface area contributed by atoms with Crippen LogP contribution in [-0.4, -0.2) is 11.1 Å². The Morgan fingerprint density at radius 3 is 2.70 bits per heavy atom. The summed E-state index contributed by atoms with van der Waals surface area (Å²) in [4.78, 5) is 9.84. The number of carboxylic acid groups (broad SMARTS) is 1. The van der Waals surface area contributed by atoms with Crippen LogP contribution in [0.15, 0.2) is 11.1 Å². The van der Waals surface area contributed by atoms with Gasteiger partial charge < -0.3 is 5.11 Å². The van der Waals surface area contributed by atoms with E-state index in [1.54, 1.807) is 0 Å². The van der Waals surface area contributed by atoms with Crippen LogP contribution in [0.25, 0.3) is 0 Å². The molecule has 0 spiro atoms. The van der Waals surface area contributed by atoms with E-state index in [1.165, 1.54) is 0 Å². The predicted molar refractivity (Wildman–Crippen MR) is 42.7 cm³/mol. The van der Waals surface area contributed by atoms with E-state index < -0.39 is 5.97 Å². The minimum atomic E-state index is -1.08. The van der Waals surface area contributed by atoms with Gasteiger partial charge in [0.25, 0.3) is 0 Å². The molecule has 0 aliphatic rings. The van der Waals surface area contributed by atoms with Gasteiger partial charge in [0.05, 0.1) is 0 Å². The number of hydrogen-bond acceptors (Lipinski definition) is 1. The molecule has 2 nitrogen and oxygen atoms in total. The van der Waals surface area contributed by atoms with E-state index in [0.717, 1.165) is 4.48 Å². The molecule has 0 fully saturated rings. The Kier molecular flexibility index (Phi) is 4.69. The van der Waals surface area contributed by atoms with Gasteiger partial charge in [-0.05, 0) is 10.9 Å². The van der Waals surface area contributed by atoms with E-state index in [9.17, 15) is 4.79 Å². The average Bonchev–Trinajstić information content (AvgIpc) is 1.79. The summed E-state index contributed by atoms with van der Waals surface area (Å²) in [6.07, 6.45) is 1.23. The van der Waals surface area contributed by atoms with E-state index >= 15 is 0 Å². The van der Waals surface area contributed by atoms with Gasteiger partial charge >= 0.3 is 5.97 Å². The number of rotatable bonds is 2. The number of carboxylic acids is 1. The Morgan fingerprint density at radius 2 is 2.30 bits per heavy atom. The predicted octanol–water partition coefficient (Wildman–Crippen LogP) is 1.76. The van der Waals surface area contributed by atoms with Crippen molar-refractivity contribution in [2.45, 2.75) is 12.8 Å². The maximum atomic E-state index is 9.84. The molecule has 0 aromatic heterocycles. The van der Waals surface area contributed by atoms with Crippen molar-refractivity contribution in [3.05, 3.63) is 11.1 Å². The van der Waals surface area contributed by atoms with Crippen LogP contribution >= 0.6 is 15.9 Å². The molecule has 0 aromatic rings. The first-order chi connectivity index (χ1) is 4.63. The van der Waals surface area contributed by atoms with Gasteiger partial charge in [-0.25, -0.2) is 4.79 Å². The highest BCUT2D eigenvalue weighted by atomic mass is 79.9. The average molecular weight is 203 g/mol. The Labute approximate surface area is 68.1 Å². The second-order valence-electron chi connectivity index (χ2n) is 1.62. The molecule has 0 amide bonds. The molecule has 0 atom stereocenters. The van der Waals surface area contributed by atoms with Gasteiger partial charge in [0.2, 0.25) is 0 Å². The molecule has 1 N–H and O–H groups in total. The standard InChI is InChI=1S/C7H7BrO2/c1-6(8)4-2-3-5-7(9)10/h1-2,4H2,(H,9,10). The Hall–Kier alpha value is -0.750. The highest BCUT2D eigenvalue weighted by Crippen LogP contribution is 2.07. The summed E-state index contributed by atoms with van der Waals surface area (Å²) < 4.78 is 0.840. The lowest BCUT2D eigenvalue weighted by Crippen LogP contribution is -1.86. The second-order valence-corrected chi connectivity index (χ2v) is 2.75. The number of hydrogen-bond donors (Lipinski definition) is 1. The van der Waals surface area contributed by atoms with Crippen LogP contribution in [0.2, 0.25) is 0 Å². The zero-order valence-electron chi connectivity index (χ0n) is 5.35. The summed E-state index contributed by atoms with van der Waals surface area (Å²) in [6.45, 7) is 3.57. The van der Waals surface area contributed by atoms with Crippen molar-refractivity contribution in [1.82, 2.24) is 0 Å². The van der Waals surface area contributed by atoms with E-state index in [4.69, 9.17) is 5.11 Å². The molecule has 0 radical (unpaired) electrons. The second kappa shape index (κ2) is 5.07. The maximum Gasteiger partial charge on any atom is 0.381 e. The van der Waals surface area contributed by atoms with Crippen LogP contribution < -0.4 is 0 Å². The zero-order valence-corrected chi connectivity index (χ0v) is 6.94. The van der Waals surface area contributed by atoms with Gasteiger partial charge in [0.15, 0.2) is 0 Å². The van der Waals surface area contributed by atoms with Crippen LogP contribution in [0.1, 0.15) is 12.8 Å². The number of aliphatic carboxylic acids is 1. The summed E-state index contributed by atoms with van der Waals surface area (Å²) in [5.74, 6) is 3.40. The summed E-state index contributed by atoms with van der Waals surface area (Å²) >= 11 is 3.13. The lowest BCUT2D eigenvalue weighted by atomic mass is 10.3.